The zero-order chi connectivity index (χ0) is 5.30. The van der Waals surface area contributed by atoms with Crippen molar-refractivity contribution in [2.75, 3.05) is 0 Å². The molecule has 3 fully saturated rings. The Morgan fingerprint density at radius 2 is 1.75 bits per heavy atom. The summed E-state index contributed by atoms with van der Waals surface area (Å²) in [5.41, 5.74) is 0. The van der Waals surface area contributed by atoms with Gasteiger partial charge in [0.15, 0.2) is 0 Å². The molecule has 3 aliphatic carbocycles. The van der Waals surface area contributed by atoms with Crippen molar-refractivity contribution in [3.05, 3.63) is 0 Å². The van der Waals surface area contributed by atoms with Gasteiger partial charge in [-0.15, -0.1) is 0 Å². The van der Waals surface area contributed by atoms with Crippen molar-refractivity contribution in [2.45, 2.75) is 18.9 Å². The van der Waals surface area contributed by atoms with Gasteiger partial charge >= 0.3 is 0 Å². The smallest absolute Gasteiger partial charge is 0.0574 e. The van der Waals surface area contributed by atoms with E-state index in [1.807, 2.05) is 0 Å². The molecule has 44 valence electrons. The molecule has 3 aliphatic rings. The second-order valence-corrected chi connectivity index (χ2v) is 3.61. The number of fused-ring (bicyclic) bond motifs is 1. The van der Waals surface area contributed by atoms with Crippen LogP contribution in [0.1, 0.15) is 12.8 Å². The minimum absolute atomic E-state index is 0.106. The molecule has 0 saturated heterocycles. The van der Waals surface area contributed by atoms with E-state index < -0.39 is 0 Å². The van der Waals surface area contributed by atoms with E-state index in [9.17, 15) is 5.11 Å². The maximum Gasteiger partial charge on any atom is 0.0574 e. The third-order valence-electron chi connectivity index (χ3n) is 3.44. The Morgan fingerprint density at radius 3 is 2.00 bits per heavy atom. The summed E-state index contributed by atoms with van der Waals surface area (Å²) in [6, 6.07) is 0. The first kappa shape index (κ1) is 3.89. The molecule has 5 atom stereocenters. The molecule has 1 N–H and O–H groups in total. The van der Waals surface area contributed by atoms with Crippen LogP contribution < -0.4 is 0 Å². The van der Waals surface area contributed by atoms with Gasteiger partial charge < -0.3 is 5.11 Å². The largest absolute Gasteiger partial charge is 0.393 e. The number of rotatable bonds is 0. The van der Waals surface area contributed by atoms with E-state index in [1.165, 1.54) is 6.42 Å². The first-order valence-corrected chi connectivity index (χ1v) is 3.56. The van der Waals surface area contributed by atoms with Crippen LogP contribution in [0.4, 0.5) is 0 Å². The molecule has 0 aromatic rings. The van der Waals surface area contributed by atoms with E-state index in [-0.39, 0.29) is 6.10 Å². The normalized spacial score (nSPS) is 73.9. The Morgan fingerprint density at radius 1 is 1.00 bits per heavy atom. The highest BCUT2D eigenvalue weighted by Gasteiger charge is 2.69. The number of hydrogen-bond donors (Lipinski definition) is 1. The van der Waals surface area contributed by atoms with Gasteiger partial charge in [-0.2, -0.15) is 0 Å². The van der Waals surface area contributed by atoms with E-state index in [2.05, 4.69) is 0 Å². The van der Waals surface area contributed by atoms with Crippen LogP contribution in [0.5, 0.6) is 0 Å². The van der Waals surface area contributed by atoms with Crippen molar-refractivity contribution in [1.82, 2.24) is 0 Å². The van der Waals surface area contributed by atoms with Crippen LogP contribution in [-0.2, 0) is 0 Å². The molecule has 0 heterocycles. The summed E-state index contributed by atoms with van der Waals surface area (Å²) in [4.78, 5) is 0. The van der Waals surface area contributed by atoms with Crippen LogP contribution in [0.3, 0.4) is 0 Å². The monoisotopic (exact) mass is 110 g/mol. The average Bonchev–Trinajstić information content (AvgIpc) is 1.98. The van der Waals surface area contributed by atoms with Crippen LogP contribution in [0.25, 0.3) is 0 Å². The van der Waals surface area contributed by atoms with Gasteiger partial charge in [-0.1, -0.05) is 0 Å². The SMILES string of the molecule is O[C@@H]1C[C@@H]2C3[C@@H]1C[C@@H]32. The first-order valence-electron chi connectivity index (χ1n) is 3.56. The highest BCUT2D eigenvalue weighted by Crippen LogP contribution is 2.72. The second-order valence-electron chi connectivity index (χ2n) is 3.61. The van der Waals surface area contributed by atoms with Gasteiger partial charge in [-0.25, -0.2) is 0 Å². The zero-order valence-corrected chi connectivity index (χ0v) is 4.75. The quantitative estimate of drug-likeness (QED) is 0.485. The summed E-state index contributed by atoms with van der Waals surface area (Å²) in [7, 11) is 0. The van der Waals surface area contributed by atoms with Crippen molar-refractivity contribution in [2.24, 2.45) is 23.7 Å². The van der Waals surface area contributed by atoms with Gasteiger partial charge in [0.25, 0.3) is 0 Å². The molecule has 1 heteroatoms. The molecular weight excluding hydrogens is 100 g/mol. The summed E-state index contributed by atoms with van der Waals surface area (Å²) < 4.78 is 0. The first-order chi connectivity index (χ1) is 3.88. The molecule has 0 spiro atoms. The summed E-state index contributed by atoms with van der Waals surface area (Å²) in [5.74, 6) is 3.83. The second kappa shape index (κ2) is 0.860. The number of aliphatic hydroxyl groups is 1. The van der Waals surface area contributed by atoms with Crippen LogP contribution in [-0.4, -0.2) is 11.2 Å². The van der Waals surface area contributed by atoms with Crippen molar-refractivity contribution in [3.8, 4) is 0 Å². The maximum absolute atomic E-state index is 9.24. The Bertz CT molecular complexity index is 137. The van der Waals surface area contributed by atoms with Gasteiger partial charge in [0.05, 0.1) is 6.10 Å². The Kier molecular flexibility index (Phi) is 0.418. The average molecular weight is 110 g/mol. The standard InChI is InChI=1S/C7H10O/c8-6-2-4-3-1-5(6)7(3)4/h3-8H,1-2H2/t3-,4+,5-,6-,7?/m1/s1. The van der Waals surface area contributed by atoms with E-state index in [1.54, 1.807) is 0 Å². The predicted octanol–water partition coefficient (Wildman–Crippen LogP) is 0.633. The Hall–Kier alpha value is -0.0400. The number of aliphatic hydroxyl groups excluding tert-OH is 1. The van der Waals surface area contributed by atoms with Crippen molar-refractivity contribution in [3.63, 3.8) is 0 Å². The van der Waals surface area contributed by atoms with Gasteiger partial charge in [-0.3, -0.25) is 0 Å². The maximum atomic E-state index is 9.24. The molecule has 0 aliphatic heterocycles. The fourth-order valence-corrected chi connectivity index (χ4v) is 2.92. The van der Waals surface area contributed by atoms with Gasteiger partial charge in [0.2, 0.25) is 0 Å². The molecule has 3 rings (SSSR count). The molecule has 0 bridgehead atoms. The van der Waals surface area contributed by atoms with Gasteiger partial charge in [0.1, 0.15) is 0 Å². The van der Waals surface area contributed by atoms with E-state index in [0.29, 0.717) is 0 Å². The predicted molar refractivity (Wildman–Crippen MR) is 29.2 cm³/mol. The fourth-order valence-electron chi connectivity index (χ4n) is 2.92. The fraction of sp³-hybridized carbons (Fsp3) is 1.00. The minimum Gasteiger partial charge on any atom is -0.393 e. The van der Waals surface area contributed by atoms with E-state index in [0.717, 1.165) is 30.1 Å². The van der Waals surface area contributed by atoms with Crippen LogP contribution in [0.2, 0.25) is 0 Å². The van der Waals surface area contributed by atoms with Crippen molar-refractivity contribution < 1.29 is 5.11 Å². The Labute approximate surface area is 48.7 Å². The van der Waals surface area contributed by atoms with Gasteiger partial charge in [0, 0.05) is 0 Å². The van der Waals surface area contributed by atoms with E-state index in [4.69, 9.17) is 0 Å². The summed E-state index contributed by atoms with van der Waals surface area (Å²) in [5, 5.41) is 9.24. The molecule has 0 aromatic carbocycles. The molecule has 0 aromatic heterocycles. The molecule has 1 unspecified atom stereocenters. The van der Waals surface area contributed by atoms with Crippen LogP contribution >= 0.6 is 0 Å². The lowest BCUT2D eigenvalue weighted by Crippen LogP contribution is -2.28. The summed E-state index contributed by atoms with van der Waals surface area (Å²) in [6.45, 7) is 0. The summed E-state index contributed by atoms with van der Waals surface area (Å²) >= 11 is 0. The lowest BCUT2D eigenvalue weighted by Gasteiger charge is -2.28. The lowest BCUT2D eigenvalue weighted by molar-refractivity contribution is 0.0539. The third kappa shape index (κ3) is 0.218. The number of hydrogen-bond acceptors (Lipinski definition) is 1. The molecule has 0 amide bonds. The highest BCUT2D eigenvalue weighted by atomic mass is 16.3. The lowest BCUT2D eigenvalue weighted by atomic mass is 9.80. The topological polar surface area (TPSA) is 20.2 Å². The third-order valence-corrected chi connectivity index (χ3v) is 3.44. The zero-order valence-electron chi connectivity index (χ0n) is 4.75. The van der Waals surface area contributed by atoms with Crippen molar-refractivity contribution >= 4 is 0 Å². The molecular formula is C7H10O. The summed E-state index contributed by atoms with van der Waals surface area (Å²) in [6.07, 6.45) is 2.60. The Balaban J connectivity index is 1.98. The van der Waals surface area contributed by atoms with Crippen LogP contribution in [0.15, 0.2) is 0 Å². The molecule has 0 radical (unpaired) electrons. The van der Waals surface area contributed by atoms with Gasteiger partial charge in [-0.05, 0) is 36.5 Å². The van der Waals surface area contributed by atoms with E-state index >= 15 is 0 Å². The van der Waals surface area contributed by atoms with Crippen LogP contribution in [0, 0.1) is 23.7 Å². The van der Waals surface area contributed by atoms with Crippen molar-refractivity contribution in [1.29, 1.82) is 0 Å². The molecule has 1 nitrogen and oxygen atoms in total. The highest BCUT2D eigenvalue weighted by molar-refractivity contribution is 5.17. The molecule has 8 heavy (non-hydrogen) atoms. The molecule has 3 saturated carbocycles. The minimum atomic E-state index is 0.106.